The van der Waals surface area contributed by atoms with Gasteiger partial charge < -0.3 is 0 Å². The Bertz CT molecular complexity index is 141. The average molecular weight is 225 g/mol. The maximum atomic E-state index is 2.38. The van der Waals surface area contributed by atoms with Crippen molar-refractivity contribution in [2.24, 2.45) is 5.41 Å². The summed E-state index contributed by atoms with van der Waals surface area (Å²) in [4.78, 5) is 0. The highest BCUT2D eigenvalue weighted by molar-refractivity contribution is 5.00. The Balaban J connectivity index is 3.82. The van der Waals surface area contributed by atoms with Crippen LogP contribution >= 0.6 is 0 Å². The number of unbranched alkanes of at least 4 members (excludes halogenated alkanes) is 5. The second-order valence-corrected chi connectivity index (χ2v) is 6.12. The van der Waals surface area contributed by atoms with E-state index in [0.29, 0.717) is 5.41 Å². The van der Waals surface area contributed by atoms with Crippen LogP contribution < -0.4 is 0 Å². The number of rotatable bonds is 9. The molecular formula is C16H33. The average Bonchev–Trinajstić information content (AvgIpc) is 2.20. The number of hydrogen-bond acceptors (Lipinski definition) is 0. The standard InChI is InChI=1S/C16H33/c1-6-8-10-12-14-15(16(3,4)5)13-11-9-7-2/h6-14H2,1-5H3. The SMILES string of the molecule is CCCCCC[C](CCCCC)C(C)(C)C. The van der Waals surface area contributed by atoms with Crippen LogP contribution in [-0.4, -0.2) is 0 Å². The normalized spacial score (nSPS) is 12.4. The molecule has 0 saturated carbocycles. The van der Waals surface area contributed by atoms with Gasteiger partial charge in [0.25, 0.3) is 0 Å². The first-order chi connectivity index (χ1) is 7.52. The zero-order chi connectivity index (χ0) is 12.4. The summed E-state index contributed by atoms with van der Waals surface area (Å²) in [6.45, 7) is 11.7. The van der Waals surface area contributed by atoms with Crippen molar-refractivity contribution < 1.29 is 0 Å². The van der Waals surface area contributed by atoms with E-state index < -0.39 is 0 Å². The van der Waals surface area contributed by atoms with Crippen LogP contribution in [0.5, 0.6) is 0 Å². The summed E-state index contributed by atoms with van der Waals surface area (Å²) in [6, 6.07) is 0. The van der Waals surface area contributed by atoms with Crippen molar-refractivity contribution in [2.45, 2.75) is 92.4 Å². The molecule has 0 saturated heterocycles. The van der Waals surface area contributed by atoms with E-state index in [1.165, 1.54) is 57.8 Å². The van der Waals surface area contributed by atoms with E-state index >= 15 is 0 Å². The van der Waals surface area contributed by atoms with Crippen LogP contribution in [0, 0.1) is 11.3 Å². The zero-order valence-corrected chi connectivity index (χ0v) is 12.4. The van der Waals surface area contributed by atoms with Gasteiger partial charge in [-0.25, -0.2) is 0 Å². The van der Waals surface area contributed by atoms with Gasteiger partial charge in [0, 0.05) is 0 Å². The molecule has 0 rings (SSSR count). The van der Waals surface area contributed by atoms with Crippen molar-refractivity contribution in [1.82, 2.24) is 0 Å². The minimum atomic E-state index is 0.431. The minimum absolute atomic E-state index is 0.431. The molecule has 16 heavy (non-hydrogen) atoms. The highest BCUT2D eigenvalue weighted by Crippen LogP contribution is 2.36. The third-order valence-electron chi connectivity index (χ3n) is 3.47. The number of hydrogen-bond donors (Lipinski definition) is 0. The molecule has 0 nitrogen and oxygen atoms in total. The Morgan fingerprint density at radius 2 is 1.12 bits per heavy atom. The van der Waals surface area contributed by atoms with Crippen LogP contribution in [0.3, 0.4) is 0 Å². The molecule has 0 aliphatic carbocycles. The third-order valence-corrected chi connectivity index (χ3v) is 3.47. The second kappa shape index (κ2) is 9.07. The third kappa shape index (κ3) is 8.19. The molecule has 0 fully saturated rings. The van der Waals surface area contributed by atoms with Crippen molar-refractivity contribution >= 4 is 0 Å². The topological polar surface area (TPSA) is 0 Å². The highest BCUT2D eigenvalue weighted by Gasteiger charge is 2.23. The molecule has 0 bridgehead atoms. The van der Waals surface area contributed by atoms with Crippen molar-refractivity contribution in [2.75, 3.05) is 0 Å². The molecule has 0 amide bonds. The van der Waals surface area contributed by atoms with Crippen molar-refractivity contribution in [3.8, 4) is 0 Å². The van der Waals surface area contributed by atoms with Crippen LogP contribution in [0.4, 0.5) is 0 Å². The van der Waals surface area contributed by atoms with Gasteiger partial charge >= 0.3 is 0 Å². The van der Waals surface area contributed by atoms with Gasteiger partial charge in [-0.2, -0.15) is 0 Å². The van der Waals surface area contributed by atoms with Crippen molar-refractivity contribution in [3.05, 3.63) is 5.92 Å². The Morgan fingerprint density at radius 1 is 0.688 bits per heavy atom. The fraction of sp³-hybridized carbons (Fsp3) is 0.938. The summed E-state index contributed by atoms with van der Waals surface area (Å²) in [5.41, 5.74) is 0.431. The first-order valence-electron chi connectivity index (χ1n) is 7.37. The molecule has 0 atom stereocenters. The summed E-state index contributed by atoms with van der Waals surface area (Å²) < 4.78 is 0. The van der Waals surface area contributed by atoms with Crippen molar-refractivity contribution in [1.29, 1.82) is 0 Å². The van der Waals surface area contributed by atoms with Crippen LogP contribution in [0.25, 0.3) is 0 Å². The predicted molar refractivity (Wildman–Crippen MR) is 75.6 cm³/mol. The summed E-state index contributed by atoms with van der Waals surface area (Å²) in [5, 5.41) is 0. The van der Waals surface area contributed by atoms with E-state index in [1.54, 1.807) is 5.92 Å². The Hall–Kier alpha value is 0. The molecule has 0 aliphatic rings. The predicted octanol–water partition coefficient (Wildman–Crippen LogP) is 6.16. The summed E-state index contributed by atoms with van der Waals surface area (Å²) >= 11 is 0. The van der Waals surface area contributed by atoms with Crippen LogP contribution in [0.1, 0.15) is 92.4 Å². The monoisotopic (exact) mass is 225 g/mol. The highest BCUT2D eigenvalue weighted by atomic mass is 14.3. The molecule has 97 valence electrons. The van der Waals surface area contributed by atoms with Gasteiger partial charge in [-0.3, -0.25) is 0 Å². The van der Waals surface area contributed by atoms with E-state index in [4.69, 9.17) is 0 Å². The van der Waals surface area contributed by atoms with E-state index in [0.717, 1.165) is 0 Å². The maximum absolute atomic E-state index is 2.38. The first kappa shape index (κ1) is 16.0. The van der Waals surface area contributed by atoms with Gasteiger partial charge in [0.2, 0.25) is 0 Å². The second-order valence-electron chi connectivity index (χ2n) is 6.12. The van der Waals surface area contributed by atoms with Gasteiger partial charge in [0.05, 0.1) is 0 Å². The molecule has 0 aromatic heterocycles. The smallest absolute Gasteiger partial charge is 0.0187 e. The van der Waals surface area contributed by atoms with Gasteiger partial charge in [0.15, 0.2) is 0 Å². The van der Waals surface area contributed by atoms with Crippen molar-refractivity contribution in [3.63, 3.8) is 0 Å². The Kier molecular flexibility index (Phi) is 9.07. The summed E-state index contributed by atoms with van der Waals surface area (Å²) in [5.74, 6) is 1.80. The van der Waals surface area contributed by atoms with Gasteiger partial charge in [0.1, 0.15) is 0 Å². The van der Waals surface area contributed by atoms with Crippen LogP contribution in [0.2, 0.25) is 0 Å². The molecule has 0 aliphatic heterocycles. The molecule has 0 heterocycles. The van der Waals surface area contributed by atoms with Gasteiger partial charge in [-0.1, -0.05) is 79.6 Å². The lowest BCUT2D eigenvalue weighted by Crippen LogP contribution is -2.18. The quantitative estimate of drug-likeness (QED) is 0.412. The van der Waals surface area contributed by atoms with E-state index in [1.807, 2.05) is 0 Å². The van der Waals surface area contributed by atoms with Gasteiger partial charge in [-0.05, 0) is 24.2 Å². The molecule has 1 radical (unpaired) electrons. The molecule has 0 unspecified atom stereocenters. The maximum Gasteiger partial charge on any atom is -0.0187 e. The van der Waals surface area contributed by atoms with E-state index in [9.17, 15) is 0 Å². The molecule has 0 spiro atoms. The Labute approximate surface area is 104 Å². The van der Waals surface area contributed by atoms with Crippen LogP contribution in [0.15, 0.2) is 0 Å². The molecule has 0 aromatic rings. The summed E-state index contributed by atoms with van der Waals surface area (Å²) in [7, 11) is 0. The van der Waals surface area contributed by atoms with Crippen LogP contribution in [-0.2, 0) is 0 Å². The first-order valence-corrected chi connectivity index (χ1v) is 7.37. The lowest BCUT2D eigenvalue weighted by molar-refractivity contribution is 0.367. The van der Waals surface area contributed by atoms with Gasteiger partial charge in [-0.15, -0.1) is 0 Å². The minimum Gasteiger partial charge on any atom is -0.0654 e. The lowest BCUT2D eigenvalue weighted by atomic mass is 9.75. The fourth-order valence-corrected chi connectivity index (χ4v) is 2.23. The fourth-order valence-electron chi connectivity index (χ4n) is 2.23. The molecule has 0 N–H and O–H groups in total. The summed E-state index contributed by atoms with van der Waals surface area (Å²) in [6.07, 6.45) is 12.5. The largest absolute Gasteiger partial charge is 0.0654 e. The zero-order valence-electron chi connectivity index (χ0n) is 12.4. The van der Waals surface area contributed by atoms with E-state index in [-0.39, 0.29) is 0 Å². The Morgan fingerprint density at radius 3 is 1.56 bits per heavy atom. The molecule has 0 aromatic carbocycles. The lowest BCUT2D eigenvalue weighted by Gasteiger charge is -2.30. The van der Waals surface area contributed by atoms with E-state index in [2.05, 4.69) is 34.6 Å². The molecule has 0 heteroatoms. The molecular weight excluding hydrogens is 192 g/mol.